The van der Waals surface area contributed by atoms with Crippen LogP contribution in [0.5, 0.6) is 0 Å². The number of rotatable bonds is 19. The van der Waals surface area contributed by atoms with E-state index in [1.807, 2.05) is 6.92 Å². The van der Waals surface area contributed by atoms with E-state index in [9.17, 15) is 54.3 Å². The smallest absolute Gasteiger partial charge is 0.335 e. The van der Waals surface area contributed by atoms with E-state index in [2.05, 4.69) is 104 Å². The predicted molar refractivity (Wildman–Crippen MR) is 271 cm³/mol. The zero-order valence-corrected chi connectivity index (χ0v) is 43.4. The number of carboxylic acid groups (broad SMARTS) is 1. The third-order valence-electron chi connectivity index (χ3n) is 8.17. The Morgan fingerprint density at radius 1 is 0.672 bits per heavy atom. The summed E-state index contributed by atoms with van der Waals surface area (Å²) in [4.78, 5) is 89.9. The highest BCUT2D eigenvalue weighted by Gasteiger charge is 2.23. The van der Waals surface area contributed by atoms with E-state index in [4.69, 9.17) is 16.6 Å². The highest BCUT2D eigenvalue weighted by molar-refractivity contribution is 9.09. The zero-order chi connectivity index (χ0) is 52.2. The number of nitrogens with two attached hydrogens (primary N) is 3. The van der Waals surface area contributed by atoms with Gasteiger partial charge in [-0.2, -0.15) is 0 Å². The lowest BCUT2D eigenvalue weighted by Crippen LogP contribution is -2.46. The van der Waals surface area contributed by atoms with Gasteiger partial charge in [0.05, 0.1) is 26.4 Å². The van der Waals surface area contributed by atoms with Crippen LogP contribution in [-0.4, -0.2) is 101 Å². The molecule has 0 saturated carbocycles. The molecule has 0 aliphatic carbocycles. The second kappa shape index (κ2) is 38.7. The summed E-state index contributed by atoms with van der Waals surface area (Å²) in [6, 6.07) is 10.7. The van der Waals surface area contributed by atoms with Gasteiger partial charge in [-0.1, -0.05) is 88.8 Å². The fourth-order valence-electron chi connectivity index (χ4n) is 4.90. The van der Waals surface area contributed by atoms with Crippen LogP contribution in [0.1, 0.15) is 80.4 Å². The van der Waals surface area contributed by atoms with Crippen molar-refractivity contribution in [1.29, 1.82) is 0 Å². The number of carboxylic acids is 1. The Morgan fingerprint density at radius 2 is 1.04 bits per heavy atom. The molecular weight excluding hydrogens is 1140 g/mol. The van der Waals surface area contributed by atoms with Crippen molar-refractivity contribution in [3.05, 3.63) is 118 Å². The van der Waals surface area contributed by atoms with Gasteiger partial charge in [0.25, 0.3) is 28.9 Å². The number of benzene rings is 3. The maximum Gasteiger partial charge on any atom is 0.335 e. The molecule has 0 bridgehead atoms. The van der Waals surface area contributed by atoms with Crippen LogP contribution in [-0.2, 0) is 25.6 Å². The molecular formula is C41H56Br4N10O12. The van der Waals surface area contributed by atoms with Gasteiger partial charge in [0.1, 0.15) is 6.04 Å². The molecule has 11 N–H and O–H groups in total. The monoisotopic (exact) mass is 1200 g/mol. The lowest BCUT2D eigenvalue weighted by molar-refractivity contribution is -0.385. The molecule has 22 nitrogen and oxygen atoms in total. The lowest BCUT2D eigenvalue weighted by atomic mass is 10.1. The molecule has 0 fully saturated rings. The molecule has 3 rings (SSSR count). The summed E-state index contributed by atoms with van der Waals surface area (Å²) in [5.41, 5.74) is 16.0. The minimum absolute atomic E-state index is 0.0297. The van der Waals surface area contributed by atoms with Gasteiger partial charge in [0, 0.05) is 88.0 Å². The van der Waals surface area contributed by atoms with Crippen LogP contribution in [0.2, 0.25) is 0 Å². The van der Waals surface area contributed by atoms with Crippen molar-refractivity contribution in [2.75, 3.05) is 39.6 Å². The van der Waals surface area contributed by atoms with Gasteiger partial charge in [-0.05, 0) is 57.5 Å². The number of nitrogens with zero attached hydrogens (tertiary/aromatic N) is 3. The summed E-state index contributed by atoms with van der Waals surface area (Å²) in [7, 11) is 4.48. The quantitative estimate of drug-likeness (QED) is 0.0239. The summed E-state index contributed by atoms with van der Waals surface area (Å²) in [5.74, 6) is -2.93. The molecule has 3 aromatic carbocycles. The van der Waals surface area contributed by atoms with Gasteiger partial charge >= 0.3 is 5.97 Å². The van der Waals surface area contributed by atoms with Gasteiger partial charge in [-0.3, -0.25) is 49.5 Å². The number of halogens is 4. The molecule has 370 valence electrons. The number of amides is 4. The predicted octanol–water partition coefficient (Wildman–Crippen LogP) is 5.56. The van der Waals surface area contributed by atoms with Crippen molar-refractivity contribution in [2.45, 2.75) is 60.7 Å². The van der Waals surface area contributed by atoms with Gasteiger partial charge in [-0.25, -0.2) is 4.79 Å². The number of aromatic carboxylic acids is 1. The topological polar surface area (TPSA) is 361 Å². The van der Waals surface area contributed by atoms with Crippen molar-refractivity contribution in [1.82, 2.24) is 21.3 Å². The van der Waals surface area contributed by atoms with Crippen LogP contribution in [0, 0.1) is 43.2 Å². The molecule has 0 aliphatic heterocycles. The fraction of sp³-hybridized carbons (Fsp3) is 0.390. The number of likely N-dealkylation sites (N-methyl/N-ethyl adjacent to an activating group) is 2. The number of alkyl halides is 4. The Morgan fingerprint density at radius 3 is 1.39 bits per heavy atom. The van der Waals surface area contributed by atoms with Crippen LogP contribution in [0.4, 0.5) is 17.1 Å². The van der Waals surface area contributed by atoms with E-state index in [1.165, 1.54) is 56.6 Å². The van der Waals surface area contributed by atoms with Crippen molar-refractivity contribution >= 4 is 110 Å². The van der Waals surface area contributed by atoms with Crippen LogP contribution >= 0.6 is 63.7 Å². The molecule has 67 heavy (non-hydrogen) atoms. The number of hydrogen-bond acceptors (Lipinski definition) is 14. The van der Waals surface area contributed by atoms with E-state index in [0.717, 1.165) is 23.9 Å². The molecule has 0 spiro atoms. The van der Waals surface area contributed by atoms with Gasteiger partial charge < -0.3 is 43.6 Å². The number of nitrogens with one attached hydrogen (secondary N) is 4. The summed E-state index contributed by atoms with van der Waals surface area (Å²) < 4.78 is 0. The van der Waals surface area contributed by atoms with E-state index in [1.54, 1.807) is 7.05 Å². The van der Waals surface area contributed by atoms with E-state index in [-0.39, 0.29) is 63.3 Å². The maximum absolute atomic E-state index is 12.7. The Bertz CT molecular complexity index is 2100. The van der Waals surface area contributed by atoms with Crippen molar-refractivity contribution in [2.24, 2.45) is 17.2 Å². The molecule has 0 saturated heterocycles. The first kappa shape index (κ1) is 65.8. The molecule has 0 heterocycles. The fourth-order valence-corrected chi connectivity index (χ4v) is 6.33. The third kappa shape index (κ3) is 25.3. The normalized spacial score (nSPS) is 10.4. The van der Waals surface area contributed by atoms with Gasteiger partial charge in [-0.15, -0.1) is 12.8 Å². The summed E-state index contributed by atoms with van der Waals surface area (Å²) in [5, 5.41) is 53.7. The average Bonchev–Trinajstić information content (AvgIpc) is 3.34. The number of hydrogen-bond donors (Lipinski definition) is 8. The SMILES string of the molecule is C#C.CCBr.CN.CNC(=O)C(CCCNC(=O)c1ccc(CBr)c([N+](=O)[O-])c1)NC(=O)c1ccc(CBr)c([N+](=O)[O-])c1.CNC(=O)C(N)CCCN.O=C(O)c1ccc(CBr)c([N+](=O)[O-])c1. The van der Waals surface area contributed by atoms with Crippen LogP contribution in [0.15, 0.2) is 54.6 Å². The van der Waals surface area contributed by atoms with Crippen molar-refractivity contribution < 1.29 is 43.8 Å². The van der Waals surface area contributed by atoms with E-state index >= 15 is 0 Å². The number of nitro benzene ring substituents is 3. The number of carbonyl (C=O) groups is 5. The first-order valence-corrected chi connectivity index (χ1v) is 24.0. The Hall–Kier alpha value is -5.43. The molecule has 3 aromatic rings. The average molecular weight is 1200 g/mol. The highest BCUT2D eigenvalue weighted by Crippen LogP contribution is 2.25. The standard InChI is InChI=1S/C22H23Br2N5O7.C8H6BrNO4.C6H15N3O.C2H5Br.C2H2.CH5N/c1-25-22(32)17(27-21(31)14-5-7-16(12-24)19(10-14)29(35)36)3-2-8-26-20(30)13-4-6-15(11-23)18(9-13)28(33)34;9-4-6-2-1-5(8(11)12)3-7(6)10(13)14;1-9-6(10)5(8)3-2-4-7;1-2-3;2*1-2/h4-7,9-10,17H,2-3,8,11-12H2,1H3,(H,25,32)(H,26,30)(H,27,31);1-3H,4H2,(H,11,12);5H,2-4,7-8H2,1H3,(H,9,10);2H2,1H3;1-2H;2H2,1H3. The number of terminal acetylenes is 1. The van der Waals surface area contributed by atoms with Crippen LogP contribution in [0.25, 0.3) is 0 Å². The second-order valence-corrected chi connectivity index (χ2v) is 15.3. The largest absolute Gasteiger partial charge is 0.478 e. The maximum atomic E-state index is 12.7. The molecule has 4 amide bonds. The number of carbonyl (C=O) groups excluding carboxylic acids is 4. The molecule has 26 heteroatoms. The molecule has 0 aromatic heterocycles. The Kier molecular flexibility index (Phi) is 38.0. The van der Waals surface area contributed by atoms with E-state index < -0.39 is 50.5 Å². The highest BCUT2D eigenvalue weighted by atomic mass is 79.9. The summed E-state index contributed by atoms with van der Waals surface area (Å²) in [6.07, 6.45) is 9.93. The van der Waals surface area contributed by atoms with Gasteiger partial charge in [0.15, 0.2) is 0 Å². The minimum Gasteiger partial charge on any atom is -0.478 e. The summed E-state index contributed by atoms with van der Waals surface area (Å²) >= 11 is 12.6. The van der Waals surface area contributed by atoms with E-state index in [0.29, 0.717) is 41.4 Å². The Labute approximate surface area is 421 Å². The molecule has 2 atom stereocenters. The molecule has 2 unspecified atom stereocenters. The number of nitro groups is 3. The molecule has 0 radical (unpaired) electrons. The van der Waals surface area contributed by atoms with Crippen LogP contribution < -0.4 is 38.5 Å². The Balaban J connectivity index is -0.00000107. The van der Waals surface area contributed by atoms with Gasteiger partial charge in [0.2, 0.25) is 11.8 Å². The first-order chi connectivity index (χ1) is 31.8. The summed E-state index contributed by atoms with van der Waals surface area (Å²) in [6.45, 7) is 2.77. The zero-order valence-electron chi connectivity index (χ0n) is 37.1. The van der Waals surface area contributed by atoms with Crippen LogP contribution in [0.3, 0.4) is 0 Å². The first-order valence-electron chi connectivity index (χ1n) is 19.5. The second-order valence-electron chi connectivity index (χ2n) is 12.5. The molecule has 0 aliphatic rings. The minimum atomic E-state index is -1.17. The third-order valence-corrected chi connectivity index (χ3v) is 9.99. The van der Waals surface area contributed by atoms with Crippen molar-refractivity contribution in [3.8, 4) is 12.8 Å². The lowest BCUT2D eigenvalue weighted by Gasteiger charge is -2.17. The van der Waals surface area contributed by atoms with Crippen molar-refractivity contribution in [3.63, 3.8) is 0 Å².